The maximum atomic E-state index is 13.6. The van der Waals surface area contributed by atoms with Gasteiger partial charge in [-0.05, 0) is 29.8 Å². The van der Waals surface area contributed by atoms with Crippen molar-refractivity contribution in [1.82, 2.24) is 4.90 Å². The normalized spacial score (nSPS) is 14.7. The maximum absolute atomic E-state index is 13.6. The molecule has 0 bridgehead atoms. The number of hydrogen-bond donors (Lipinski definition) is 0. The zero-order chi connectivity index (χ0) is 21.0. The monoisotopic (exact) mass is 402 g/mol. The first-order chi connectivity index (χ1) is 13.9. The second kappa shape index (κ2) is 8.83. The molecule has 0 saturated carbocycles. The van der Waals surface area contributed by atoms with E-state index in [0.717, 1.165) is 12.1 Å². The molecule has 0 saturated heterocycles. The number of para-hydroxylation sites is 1. The molecule has 152 valence electrons. The molecule has 1 aliphatic heterocycles. The quantitative estimate of drug-likeness (QED) is 0.717. The van der Waals surface area contributed by atoms with Gasteiger partial charge in [0.2, 0.25) is 0 Å². The van der Waals surface area contributed by atoms with E-state index < -0.39 is 23.6 Å². The summed E-state index contributed by atoms with van der Waals surface area (Å²) in [5.41, 5.74) is 1.41. The van der Waals surface area contributed by atoms with Crippen LogP contribution in [0.2, 0.25) is 0 Å². The van der Waals surface area contributed by atoms with Crippen molar-refractivity contribution in [3.63, 3.8) is 0 Å². The fraction of sp³-hybridized carbons (Fsp3) is 0.238. The summed E-state index contributed by atoms with van der Waals surface area (Å²) in [4.78, 5) is 28.4. The van der Waals surface area contributed by atoms with E-state index >= 15 is 0 Å². The standard InChI is InChI=1S/C21H20F2N2O4/c1-28-20(26)16-12-24(11-14-8-9-17(22)18(23)10-14)13-25(19(16)21(27)29-2)15-6-4-3-5-7-15/h3-10H,11-13H2,1-2H3. The summed E-state index contributed by atoms with van der Waals surface area (Å²) in [7, 11) is 2.46. The van der Waals surface area contributed by atoms with Crippen LogP contribution in [0, 0.1) is 11.6 Å². The minimum Gasteiger partial charge on any atom is -0.466 e. The van der Waals surface area contributed by atoms with Crippen LogP contribution in [0.25, 0.3) is 0 Å². The van der Waals surface area contributed by atoms with Crippen LogP contribution in [0.5, 0.6) is 0 Å². The maximum Gasteiger partial charge on any atom is 0.355 e. The molecule has 1 aliphatic rings. The van der Waals surface area contributed by atoms with Crippen LogP contribution in [-0.4, -0.2) is 44.3 Å². The summed E-state index contributed by atoms with van der Waals surface area (Å²) < 4.78 is 36.6. The number of rotatable bonds is 5. The highest BCUT2D eigenvalue weighted by molar-refractivity contribution is 6.03. The number of esters is 2. The number of benzene rings is 2. The van der Waals surface area contributed by atoms with Crippen LogP contribution in [0.1, 0.15) is 5.56 Å². The lowest BCUT2D eigenvalue weighted by atomic mass is 10.1. The highest BCUT2D eigenvalue weighted by Crippen LogP contribution is 2.28. The Morgan fingerprint density at radius 1 is 0.966 bits per heavy atom. The molecule has 6 nitrogen and oxygen atoms in total. The van der Waals surface area contributed by atoms with Crippen molar-refractivity contribution < 1.29 is 27.8 Å². The van der Waals surface area contributed by atoms with Gasteiger partial charge in [-0.3, -0.25) is 4.90 Å². The third kappa shape index (κ3) is 4.43. The highest BCUT2D eigenvalue weighted by atomic mass is 19.2. The Balaban J connectivity index is 2.02. The van der Waals surface area contributed by atoms with Gasteiger partial charge in [-0.15, -0.1) is 0 Å². The van der Waals surface area contributed by atoms with E-state index in [1.807, 2.05) is 11.0 Å². The highest BCUT2D eigenvalue weighted by Gasteiger charge is 2.35. The number of hydrogen-bond acceptors (Lipinski definition) is 6. The number of nitrogens with zero attached hydrogens (tertiary/aromatic N) is 2. The van der Waals surface area contributed by atoms with E-state index in [4.69, 9.17) is 9.47 Å². The minimum atomic E-state index is -0.946. The Kier molecular flexibility index (Phi) is 6.23. The molecular weight excluding hydrogens is 382 g/mol. The first-order valence-corrected chi connectivity index (χ1v) is 8.83. The lowest BCUT2D eigenvalue weighted by Gasteiger charge is -2.38. The number of anilines is 1. The van der Waals surface area contributed by atoms with Gasteiger partial charge in [-0.2, -0.15) is 0 Å². The lowest BCUT2D eigenvalue weighted by molar-refractivity contribution is -0.140. The van der Waals surface area contributed by atoms with E-state index in [0.29, 0.717) is 11.3 Å². The van der Waals surface area contributed by atoms with Crippen molar-refractivity contribution in [2.45, 2.75) is 6.54 Å². The summed E-state index contributed by atoms with van der Waals surface area (Å²) >= 11 is 0. The largest absolute Gasteiger partial charge is 0.466 e. The Morgan fingerprint density at radius 3 is 2.28 bits per heavy atom. The van der Waals surface area contributed by atoms with E-state index in [-0.39, 0.29) is 31.0 Å². The van der Waals surface area contributed by atoms with Gasteiger partial charge in [0.15, 0.2) is 11.6 Å². The van der Waals surface area contributed by atoms with Crippen LogP contribution < -0.4 is 4.90 Å². The van der Waals surface area contributed by atoms with Crippen molar-refractivity contribution in [2.24, 2.45) is 0 Å². The number of halogens is 2. The lowest BCUT2D eigenvalue weighted by Crippen LogP contribution is -2.47. The number of ether oxygens (including phenoxy) is 2. The van der Waals surface area contributed by atoms with Gasteiger partial charge in [-0.1, -0.05) is 24.3 Å². The van der Waals surface area contributed by atoms with Crippen molar-refractivity contribution >= 4 is 17.6 Å². The molecule has 1 heterocycles. The van der Waals surface area contributed by atoms with Crippen LogP contribution in [-0.2, 0) is 25.6 Å². The second-order valence-electron chi connectivity index (χ2n) is 6.45. The Bertz CT molecular complexity index is 947. The van der Waals surface area contributed by atoms with E-state index in [1.165, 1.54) is 20.3 Å². The van der Waals surface area contributed by atoms with Crippen molar-refractivity contribution in [1.29, 1.82) is 0 Å². The van der Waals surface area contributed by atoms with Crippen LogP contribution in [0.3, 0.4) is 0 Å². The van der Waals surface area contributed by atoms with Gasteiger partial charge in [0.25, 0.3) is 0 Å². The Hall–Kier alpha value is -3.26. The molecule has 0 fully saturated rings. The smallest absolute Gasteiger partial charge is 0.355 e. The average molecular weight is 402 g/mol. The minimum absolute atomic E-state index is 0.0828. The molecule has 29 heavy (non-hydrogen) atoms. The van der Waals surface area contributed by atoms with Crippen molar-refractivity contribution in [3.05, 3.63) is 77.0 Å². The van der Waals surface area contributed by atoms with Crippen molar-refractivity contribution in [3.8, 4) is 0 Å². The van der Waals surface area contributed by atoms with Crippen LogP contribution >= 0.6 is 0 Å². The van der Waals surface area contributed by atoms with Crippen LogP contribution in [0.15, 0.2) is 59.8 Å². The molecule has 0 spiro atoms. The molecule has 8 heteroatoms. The molecule has 0 atom stereocenters. The summed E-state index contributed by atoms with van der Waals surface area (Å²) in [6.45, 7) is 0.544. The predicted molar refractivity (Wildman–Crippen MR) is 102 cm³/mol. The van der Waals surface area contributed by atoms with Crippen molar-refractivity contribution in [2.75, 3.05) is 32.3 Å². The van der Waals surface area contributed by atoms with Gasteiger partial charge in [0.05, 0.1) is 26.5 Å². The van der Waals surface area contributed by atoms with Gasteiger partial charge >= 0.3 is 11.9 Å². The summed E-state index contributed by atoms with van der Waals surface area (Å²) in [5, 5.41) is 0. The number of carbonyl (C=O) groups excluding carboxylic acids is 2. The molecule has 0 radical (unpaired) electrons. The third-order valence-corrected chi connectivity index (χ3v) is 4.55. The SMILES string of the molecule is COC(=O)C1=C(C(=O)OC)N(c2ccccc2)CN(Cc2ccc(F)c(F)c2)C1. The average Bonchev–Trinajstić information content (AvgIpc) is 2.75. The van der Waals surface area contributed by atoms with Gasteiger partial charge in [0.1, 0.15) is 5.70 Å². The number of methoxy groups -OCH3 is 2. The second-order valence-corrected chi connectivity index (χ2v) is 6.45. The van der Waals surface area contributed by atoms with Gasteiger partial charge in [-0.25, -0.2) is 18.4 Å². The van der Waals surface area contributed by atoms with E-state index in [1.54, 1.807) is 29.2 Å². The summed E-state index contributed by atoms with van der Waals surface area (Å²) in [6, 6.07) is 12.7. The fourth-order valence-electron chi connectivity index (χ4n) is 3.22. The van der Waals surface area contributed by atoms with Gasteiger partial charge < -0.3 is 14.4 Å². The molecule has 0 aliphatic carbocycles. The molecule has 2 aromatic carbocycles. The molecule has 0 unspecified atom stereocenters. The molecule has 0 aromatic heterocycles. The summed E-state index contributed by atoms with van der Waals surface area (Å²) in [6.07, 6.45) is 0. The topological polar surface area (TPSA) is 59.1 Å². The Morgan fingerprint density at radius 2 is 1.66 bits per heavy atom. The molecule has 0 N–H and O–H groups in total. The van der Waals surface area contributed by atoms with E-state index in [9.17, 15) is 18.4 Å². The predicted octanol–water partition coefficient (Wildman–Crippen LogP) is 2.84. The summed E-state index contributed by atoms with van der Waals surface area (Å²) in [5.74, 6) is -3.21. The molecule has 0 amide bonds. The Labute approximate surface area is 166 Å². The molecular formula is C21H20F2N2O4. The fourth-order valence-corrected chi connectivity index (χ4v) is 3.22. The zero-order valence-corrected chi connectivity index (χ0v) is 16.0. The first-order valence-electron chi connectivity index (χ1n) is 8.83. The first kappa shape index (κ1) is 20.5. The molecule has 2 aromatic rings. The molecule has 3 rings (SSSR count). The van der Waals surface area contributed by atoms with E-state index in [2.05, 4.69) is 0 Å². The number of carbonyl (C=O) groups is 2. The van der Waals surface area contributed by atoms with Crippen LogP contribution in [0.4, 0.5) is 14.5 Å². The third-order valence-electron chi connectivity index (χ3n) is 4.55. The van der Waals surface area contributed by atoms with Gasteiger partial charge in [0, 0.05) is 18.8 Å². The zero-order valence-electron chi connectivity index (χ0n) is 16.0.